The molecule has 0 aliphatic carbocycles. The van der Waals surface area contributed by atoms with Gasteiger partial charge in [0.25, 0.3) is 5.91 Å². The molecule has 1 rings (SSSR count). The van der Waals surface area contributed by atoms with Crippen molar-refractivity contribution in [3.8, 4) is 5.75 Å². The number of carbonyl (C=O) groups is 1. The van der Waals surface area contributed by atoms with Crippen LogP contribution in [0.25, 0.3) is 0 Å². The summed E-state index contributed by atoms with van der Waals surface area (Å²) in [6.07, 6.45) is 1.69. The summed E-state index contributed by atoms with van der Waals surface area (Å²) in [4.78, 5) is 11.7. The first-order valence-corrected chi connectivity index (χ1v) is 6.29. The molecule has 0 atom stereocenters. The number of benzene rings is 1. The van der Waals surface area contributed by atoms with Gasteiger partial charge >= 0.3 is 0 Å². The van der Waals surface area contributed by atoms with Crippen LogP contribution in [0.1, 0.15) is 24.2 Å². The van der Waals surface area contributed by atoms with Gasteiger partial charge in [0.2, 0.25) is 0 Å². The van der Waals surface area contributed by atoms with Crippen molar-refractivity contribution in [2.24, 2.45) is 11.0 Å². The minimum absolute atomic E-state index is 0.220. The van der Waals surface area contributed by atoms with E-state index in [0.29, 0.717) is 11.5 Å². The molecule has 0 aliphatic rings. The van der Waals surface area contributed by atoms with E-state index < -0.39 is 0 Å². The highest BCUT2D eigenvalue weighted by molar-refractivity contribution is 14.1. The summed E-state index contributed by atoms with van der Waals surface area (Å²) in [6.45, 7) is 3.98. The number of hydrogen-bond donors (Lipinski definition) is 1. The molecule has 0 fully saturated rings. The van der Waals surface area contributed by atoms with Gasteiger partial charge in [-0.05, 0) is 46.7 Å². The maximum absolute atomic E-state index is 11.7. The molecule has 1 aromatic carbocycles. The molecule has 0 heterocycles. The standard InChI is InChI=1S/C12H15IN2O2/c1-8(2)7-14-15-12(16)9-4-5-11(17-3)10(13)6-9/h4-8H,1-3H3,(H,15,16). The van der Waals surface area contributed by atoms with E-state index in [0.717, 1.165) is 9.32 Å². The molecule has 0 bridgehead atoms. The molecule has 1 amide bonds. The van der Waals surface area contributed by atoms with Crippen molar-refractivity contribution in [1.82, 2.24) is 5.43 Å². The molecular weight excluding hydrogens is 331 g/mol. The van der Waals surface area contributed by atoms with Crippen LogP contribution in [-0.4, -0.2) is 19.2 Å². The first-order valence-electron chi connectivity index (χ1n) is 5.21. The lowest BCUT2D eigenvalue weighted by Crippen LogP contribution is -2.18. The van der Waals surface area contributed by atoms with Crippen molar-refractivity contribution >= 4 is 34.7 Å². The van der Waals surface area contributed by atoms with Crippen LogP contribution < -0.4 is 10.2 Å². The summed E-state index contributed by atoms with van der Waals surface area (Å²) >= 11 is 2.12. The van der Waals surface area contributed by atoms with E-state index in [2.05, 4.69) is 33.1 Å². The summed E-state index contributed by atoms with van der Waals surface area (Å²) in [5.74, 6) is 0.849. The molecular formula is C12H15IN2O2. The fourth-order valence-corrected chi connectivity index (χ4v) is 1.85. The zero-order valence-electron chi connectivity index (χ0n) is 10.0. The van der Waals surface area contributed by atoms with Crippen LogP contribution in [0.4, 0.5) is 0 Å². The number of nitrogens with one attached hydrogen (secondary N) is 1. The number of rotatable bonds is 4. The van der Waals surface area contributed by atoms with Crippen LogP contribution in [0.3, 0.4) is 0 Å². The second-order valence-corrected chi connectivity index (χ2v) is 4.97. The summed E-state index contributed by atoms with van der Waals surface area (Å²) in [7, 11) is 1.60. The lowest BCUT2D eigenvalue weighted by atomic mass is 10.2. The maximum Gasteiger partial charge on any atom is 0.271 e. The first-order chi connectivity index (χ1) is 8.04. The highest BCUT2D eigenvalue weighted by atomic mass is 127. The first kappa shape index (κ1) is 14.0. The Morgan fingerprint density at radius 1 is 1.53 bits per heavy atom. The van der Waals surface area contributed by atoms with Gasteiger partial charge in [-0.25, -0.2) is 5.43 Å². The van der Waals surface area contributed by atoms with Crippen LogP contribution in [0, 0.1) is 9.49 Å². The Balaban J connectivity index is 2.73. The molecule has 0 unspecified atom stereocenters. The molecule has 92 valence electrons. The minimum atomic E-state index is -0.220. The third-order valence-corrected chi connectivity index (χ3v) is 2.80. The van der Waals surface area contributed by atoms with E-state index in [9.17, 15) is 4.79 Å². The van der Waals surface area contributed by atoms with E-state index in [1.807, 2.05) is 13.8 Å². The molecule has 1 aromatic rings. The predicted octanol–water partition coefficient (Wildman–Crippen LogP) is 2.67. The Labute approximate surface area is 115 Å². The summed E-state index contributed by atoms with van der Waals surface area (Å²) in [5, 5.41) is 3.86. The highest BCUT2D eigenvalue weighted by Crippen LogP contribution is 2.21. The fourth-order valence-electron chi connectivity index (χ4n) is 1.12. The van der Waals surface area contributed by atoms with E-state index >= 15 is 0 Å². The van der Waals surface area contributed by atoms with Crippen molar-refractivity contribution < 1.29 is 9.53 Å². The number of ether oxygens (including phenoxy) is 1. The van der Waals surface area contributed by atoms with Gasteiger partial charge in [0, 0.05) is 11.8 Å². The topological polar surface area (TPSA) is 50.7 Å². The third-order valence-electron chi connectivity index (χ3n) is 1.95. The molecule has 5 heteroatoms. The molecule has 0 saturated heterocycles. The van der Waals surface area contributed by atoms with Gasteiger partial charge in [-0.2, -0.15) is 5.10 Å². The Hall–Kier alpha value is -1.11. The van der Waals surface area contributed by atoms with Gasteiger partial charge in [0.1, 0.15) is 5.75 Å². The van der Waals surface area contributed by atoms with Crippen LogP contribution in [0.5, 0.6) is 5.75 Å². The van der Waals surface area contributed by atoms with Crippen LogP contribution in [0.15, 0.2) is 23.3 Å². The summed E-state index contributed by atoms with van der Waals surface area (Å²) < 4.78 is 6.02. The van der Waals surface area contributed by atoms with Gasteiger partial charge in [0.15, 0.2) is 0 Å². The summed E-state index contributed by atoms with van der Waals surface area (Å²) in [5.41, 5.74) is 3.05. The van der Waals surface area contributed by atoms with Crippen molar-refractivity contribution in [3.05, 3.63) is 27.3 Å². The lowest BCUT2D eigenvalue weighted by Gasteiger charge is -2.05. The molecule has 0 aromatic heterocycles. The Morgan fingerprint density at radius 3 is 2.76 bits per heavy atom. The van der Waals surface area contributed by atoms with Gasteiger partial charge in [-0.3, -0.25) is 4.79 Å². The highest BCUT2D eigenvalue weighted by Gasteiger charge is 2.07. The monoisotopic (exact) mass is 346 g/mol. The minimum Gasteiger partial charge on any atom is -0.496 e. The second kappa shape index (κ2) is 6.58. The Bertz CT molecular complexity index is 431. The molecule has 0 radical (unpaired) electrons. The van der Waals surface area contributed by atoms with Crippen LogP contribution in [0.2, 0.25) is 0 Å². The van der Waals surface area contributed by atoms with E-state index in [1.54, 1.807) is 31.5 Å². The number of nitrogens with zero attached hydrogens (tertiary/aromatic N) is 1. The van der Waals surface area contributed by atoms with E-state index in [1.165, 1.54) is 0 Å². The maximum atomic E-state index is 11.7. The second-order valence-electron chi connectivity index (χ2n) is 3.81. The fraction of sp³-hybridized carbons (Fsp3) is 0.333. The molecule has 0 aliphatic heterocycles. The smallest absolute Gasteiger partial charge is 0.271 e. The average molecular weight is 346 g/mol. The lowest BCUT2D eigenvalue weighted by molar-refractivity contribution is 0.0955. The molecule has 0 saturated carbocycles. The number of halogens is 1. The number of carbonyl (C=O) groups excluding carboxylic acids is 1. The Morgan fingerprint density at radius 2 is 2.24 bits per heavy atom. The van der Waals surface area contributed by atoms with Crippen molar-refractivity contribution in [3.63, 3.8) is 0 Å². The number of methoxy groups -OCH3 is 1. The van der Waals surface area contributed by atoms with E-state index in [-0.39, 0.29) is 5.91 Å². The quantitative estimate of drug-likeness (QED) is 0.518. The number of hydrogen-bond acceptors (Lipinski definition) is 3. The largest absolute Gasteiger partial charge is 0.496 e. The predicted molar refractivity (Wildman–Crippen MR) is 76.5 cm³/mol. The normalized spacial score (nSPS) is 10.9. The zero-order valence-corrected chi connectivity index (χ0v) is 12.2. The van der Waals surface area contributed by atoms with Crippen molar-refractivity contribution in [1.29, 1.82) is 0 Å². The van der Waals surface area contributed by atoms with Gasteiger partial charge in [-0.1, -0.05) is 13.8 Å². The molecule has 17 heavy (non-hydrogen) atoms. The van der Waals surface area contributed by atoms with Gasteiger partial charge in [0.05, 0.1) is 10.7 Å². The molecule has 0 spiro atoms. The zero-order chi connectivity index (χ0) is 12.8. The molecule has 1 N–H and O–H groups in total. The Kier molecular flexibility index (Phi) is 5.40. The van der Waals surface area contributed by atoms with Crippen molar-refractivity contribution in [2.45, 2.75) is 13.8 Å². The van der Waals surface area contributed by atoms with E-state index in [4.69, 9.17) is 4.74 Å². The van der Waals surface area contributed by atoms with Crippen LogP contribution in [-0.2, 0) is 0 Å². The van der Waals surface area contributed by atoms with Gasteiger partial charge < -0.3 is 4.74 Å². The number of amides is 1. The van der Waals surface area contributed by atoms with Crippen molar-refractivity contribution in [2.75, 3.05) is 7.11 Å². The van der Waals surface area contributed by atoms with Gasteiger partial charge in [-0.15, -0.1) is 0 Å². The van der Waals surface area contributed by atoms with Crippen LogP contribution >= 0.6 is 22.6 Å². The SMILES string of the molecule is COc1ccc(C(=O)NN=CC(C)C)cc1I. The summed E-state index contributed by atoms with van der Waals surface area (Å²) in [6, 6.07) is 5.24. The number of hydrazone groups is 1. The third kappa shape index (κ3) is 4.33. The average Bonchev–Trinajstić information content (AvgIpc) is 2.28. The molecule has 4 nitrogen and oxygen atoms in total.